The predicted octanol–water partition coefficient (Wildman–Crippen LogP) is 6.74. The van der Waals surface area contributed by atoms with Crippen molar-refractivity contribution in [1.82, 2.24) is 5.32 Å². The third-order valence-corrected chi connectivity index (χ3v) is 10.4. The zero-order valence-electron chi connectivity index (χ0n) is 17.1. The molecule has 1 aromatic carbocycles. The number of hydrogen-bond acceptors (Lipinski definition) is 1. The van der Waals surface area contributed by atoms with Crippen LogP contribution in [0.5, 0.6) is 0 Å². The zero-order chi connectivity index (χ0) is 18.5. The summed E-state index contributed by atoms with van der Waals surface area (Å²) < 4.78 is 0. The maximum Gasteiger partial charge on any atom is 0.0373 e. The van der Waals surface area contributed by atoms with E-state index in [-0.39, 0.29) is 7.92 Å². The molecule has 0 saturated heterocycles. The summed E-state index contributed by atoms with van der Waals surface area (Å²) >= 11 is 0. The third kappa shape index (κ3) is 4.34. The monoisotopic (exact) mass is 381 g/mol. The molecule has 2 heteroatoms. The second-order valence-corrected chi connectivity index (χ2v) is 11.3. The standard InChI is InChI=1S/C25H36NP/c1-26-24-18-10-8-16-22(24)23-17-9-11-19-25(23)27(20-12-4-2-5-13-20)21-14-6-3-7-15-21/h9,11,16-21,26H,2-8,10,12-15H2,1H3. The van der Waals surface area contributed by atoms with Gasteiger partial charge in [-0.25, -0.2) is 0 Å². The van der Waals surface area contributed by atoms with Crippen molar-refractivity contribution in [3.05, 3.63) is 47.7 Å². The predicted molar refractivity (Wildman–Crippen MR) is 121 cm³/mol. The lowest BCUT2D eigenvalue weighted by atomic mass is 9.96. The van der Waals surface area contributed by atoms with E-state index < -0.39 is 0 Å². The first kappa shape index (κ1) is 19.3. The fraction of sp³-hybridized carbons (Fsp3) is 0.600. The van der Waals surface area contributed by atoms with Crippen LogP contribution in [-0.2, 0) is 0 Å². The van der Waals surface area contributed by atoms with Gasteiger partial charge in [-0.1, -0.05) is 82.9 Å². The Hall–Kier alpha value is -1.07. The third-order valence-electron chi connectivity index (χ3n) is 6.83. The second-order valence-electron chi connectivity index (χ2n) is 8.57. The van der Waals surface area contributed by atoms with E-state index in [0.29, 0.717) is 0 Å². The molecule has 3 aliphatic carbocycles. The molecule has 2 fully saturated rings. The Balaban J connectivity index is 1.73. The van der Waals surface area contributed by atoms with Gasteiger partial charge in [-0.3, -0.25) is 0 Å². The van der Waals surface area contributed by atoms with Gasteiger partial charge in [0.2, 0.25) is 0 Å². The van der Waals surface area contributed by atoms with E-state index in [1.165, 1.54) is 88.3 Å². The quantitative estimate of drug-likeness (QED) is 0.557. The maximum atomic E-state index is 3.48. The minimum Gasteiger partial charge on any atom is -0.388 e. The molecular formula is C25H36NP. The first-order chi connectivity index (χ1) is 13.4. The minimum atomic E-state index is -0.0576. The van der Waals surface area contributed by atoms with Crippen LogP contribution in [0, 0.1) is 0 Å². The van der Waals surface area contributed by atoms with E-state index in [1.54, 1.807) is 10.9 Å². The topological polar surface area (TPSA) is 12.0 Å². The highest BCUT2D eigenvalue weighted by atomic mass is 31.1. The van der Waals surface area contributed by atoms with Gasteiger partial charge in [-0.15, -0.1) is 0 Å². The second kappa shape index (κ2) is 9.42. The van der Waals surface area contributed by atoms with E-state index in [0.717, 1.165) is 11.3 Å². The fourth-order valence-electron chi connectivity index (χ4n) is 5.50. The molecule has 0 radical (unpaired) electrons. The van der Waals surface area contributed by atoms with Crippen molar-refractivity contribution in [2.45, 2.75) is 88.4 Å². The van der Waals surface area contributed by atoms with E-state index >= 15 is 0 Å². The molecule has 1 nitrogen and oxygen atoms in total. The van der Waals surface area contributed by atoms with Gasteiger partial charge in [0, 0.05) is 18.3 Å². The van der Waals surface area contributed by atoms with Crippen LogP contribution in [-0.4, -0.2) is 18.4 Å². The summed E-state index contributed by atoms with van der Waals surface area (Å²) in [4.78, 5) is 0. The summed E-state index contributed by atoms with van der Waals surface area (Å²) in [5.41, 5.74) is 6.28. The van der Waals surface area contributed by atoms with Gasteiger partial charge < -0.3 is 5.32 Å². The first-order valence-corrected chi connectivity index (χ1v) is 12.8. The Bertz CT molecular complexity index is 659. The molecule has 0 aliphatic heterocycles. The average molecular weight is 382 g/mol. The molecule has 1 N–H and O–H groups in total. The van der Waals surface area contributed by atoms with Crippen LogP contribution in [0.2, 0.25) is 0 Å². The Morgan fingerprint density at radius 3 is 2.00 bits per heavy atom. The van der Waals surface area contributed by atoms with Crippen LogP contribution in [0.25, 0.3) is 5.57 Å². The highest BCUT2D eigenvalue weighted by Crippen LogP contribution is 2.56. The van der Waals surface area contributed by atoms with E-state index in [4.69, 9.17) is 0 Å². The normalized spacial score (nSPS) is 22.4. The molecule has 27 heavy (non-hydrogen) atoms. The number of allylic oxidation sites excluding steroid dienone is 3. The van der Waals surface area contributed by atoms with Gasteiger partial charge >= 0.3 is 0 Å². The van der Waals surface area contributed by atoms with Crippen molar-refractivity contribution in [3.8, 4) is 0 Å². The molecule has 4 rings (SSSR count). The molecule has 3 aliphatic rings. The van der Waals surface area contributed by atoms with Crippen LogP contribution < -0.4 is 10.6 Å². The van der Waals surface area contributed by atoms with Crippen LogP contribution in [0.3, 0.4) is 0 Å². The fourth-order valence-corrected chi connectivity index (χ4v) is 9.46. The molecule has 0 aromatic heterocycles. The van der Waals surface area contributed by atoms with Gasteiger partial charge in [-0.2, -0.15) is 0 Å². The van der Waals surface area contributed by atoms with E-state index in [2.05, 4.69) is 48.8 Å². The minimum absolute atomic E-state index is 0.0576. The molecule has 0 unspecified atom stereocenters. The van der Waals surface area contributed by atoms with Gasteiger partial charge in [-0.05, 0) is 60.7 Å². The van der Waals surface area contributed by atoms with Crippen molar-refractivity contribution in [2.24, 2.45) is 0 Å². The molecule has 0 atom stereocenters. The van der Waals surface area contributed by atoms with Crippen molar-refractivity contribution in [1.29, 1.82) is 0 Å². The Kier molecular flexibility index (Phi) is 6.72. The Morgan fingerprint density at radius 2 is 1.37 bits per heavy atom. The maximum absolute atomic E-state index is 3.48. The molecule has 2 saturated carbocycles. The number of nitrogens with one attached hydrogen (secondary N) is 1. The number of rotatable bonds is 5. The Morgan fingerprint density at radius 1 is 0.778 bits per heavy atom. The highest BCUT2D eigenvalue weighted by Gasteiger charge is 2.34. The van der Waals surface area contributed by atoms with Crippen molar-refractivity contribution in [2.75, 3.05) is 7.05 Å². The molecule has 0 amide bonds. The van der Waals surface area contributed by atoms with Crippen LogP contribution in [0.1, 0.15) is 82.6 Å². The SMILES string of the molecule is CNC1=CCCC=C1c1ccccc1P(C1CCCCC1)C1CCCCC1. The van der Waals surface area contributed by atoms with E-state index in [9.17, 15) is 0 Å². The smallest absolute Gasteiger partial charge is 0.0373 e. The lowest BCUT2D eigenvalue weighted by molar-refractivity contribution is 0.487. The van der Waals surface area contributed by atoms with Gasteiger partial charge in [0.15, 0.2) is 0 Å². The first-order valence-electron chi connectivity index (χ1n) is 11.3. The van der Waals surface area contributed by atoms with Gasteiger partial charge in [0.1, 0.15) is 0 Å². The van der Waals surface area contributed by atoms with Crippen LogP contribution >= 0.6 is 7.92 Å². The summed E-state index contributed by atoms with van der Waals surface area (Å²) in [6.45, 7) is 0. The lowest BCUT2D eigenvalue weighted by Gasteiger charge is -2.40. The van der Waals surface area contributed by atoms with Crippen molar-refractivity contribution in [3.63, 3.8) is 0 Å². The average Bonchev–Trinajstić information content (AvgIpc) is 2.76. The summed E-state index contributed by atoms with van der Waals surface area (Å²) in [5, 5.41) is 5.20. The van der Waals surface area contributed by atoms with Crippen molar-refractivity contribution < 1.29 is 0 Å². The van der Waals surface area contributed by atoms with Gasteiger partial charge in [0.05, 0.1) is 0 Å². The highest BCUT2D eigenvalue weighted by molar-refractivity contribution is 7.67. The van der Waals surface area contributed by atoms with Crippen LogP contribution in [0.15, 0.2) is 42.1 Å². The van der Waals surface area contributed by atoms with Crippen molar-refractivity contribution >= 4 is 18.8 Å². The molecular weight excluding hydrogens is 345 g/mol. The van der Waals surface area contributed by atoms with Gasteiger partial charge in [0.25, 0.3) is 0 Å². The summed E-state index contributed by atoms with van der Waals surface area (Å²) in [7, 11) is 2.02. The Labute approximate surface area is 167 Å². The molecule has 0 spiro atoms. The summed E-state index contributed by atoms with van der Waals surface area (Å²) in [6, 6.07) is 9.49. The molecule has 146 valence electrons. The molecule has 0 bridgehead atoms. The number of likely N-dealkylation sites (N-methyl/N-ethyl adjacent to an activating group) is 1. The molecule has 1 aromatic rings. The number of benzene rings is 1. The largest absolute Gasteiger partial charge is 0.388 e. The summed E-state index contributed by atoms with van der Waals surface area (Å²) in [5.74, 6) is 0. The van der Waals surface area contributed by atoms with Crippen LogP contribution in [0.4, 0.5) is 0 Å². The van der Waals surface area contributed by atoms with E-state index in [1.807, 2.05) is 0 Å². The number of hydrogen-bond donors (Lipinski definition) is 1. The lowest BCUT2D eigenvalue weighted by Crippen LogP contribution is -2.28. The zero-order valence-corrected chi connectivity index (χ0v) is 17.9. The molecule has 0 heterocycles. The summed E-state index contributed by atoms with van der Waals surface area (Å²) in [6.07, 6.45) is 21.9.